The number of aryl methyl sites for hydroxylation is 1. The third-order valence-corrected chi connectivity index (χ3v) is 3.31. The first-order valence-corrected chi connectivity index (χ1v) is 6.50. The van der Waals surface area contributed by atoms with Crippen LogP contribution in [0.15, 0.2) is 30.5 Å². The molecular formula is C14H17ClN2O. The molecule has 1 aromatic carbocycles. The zero-order chi connectivity index (χ0) is 13.1. The summed E-state index contributed by atoms with van der Waals surface area (Å²) in [6, 6.07) is 8.21. The van der Waals surface area contributed by atoms with E-state index in [4.69, 9.17) is 11.6 Å². The molecule has 0 aliphatic carbocycles. The molecule has 0 unspecified atom stereocenters. The van der Waals surface area contributed by atoms with Crippen molar-refractivity contribution >= 4 is 28.4 Å². The van der Waals surface area contributed by atoms with Gasteiger partial charge in [-0.25, -0.2) is 0 Å². The van der Waals surface area contributed by atoms with Crippen molar-refractivity contribution in [2.45, 2.75) is 13.0 Å². The second kappa shape index (κ2) is 5.44. The number of hydrogen-bond acceptors (Lipinski definition) is 1. The largest absolute Gasteiger partial charge is 0.350 e. The van der Waals surface area contributed by atoms with Crippen LogP contribution in [0.4, 0.5) is 0 Å². The van der Waals surface area contributed by atoms with E-state index in [9.17, 15) is 4.79 Å². The number of benzene rings is 1. The van der Waals surface area contributed by atoms with Gasteiger partial charge in [0.25, 0.3) is 0 Å². The van der Waals surface area contributed by atoms with E-state index in [1.165, 1.54) is 16.5 Å². The highest BCUT2D eigenvalue weighted by molar-refractivity contribution is 6.18. The lowest BCUT2D eigenvalue weighted by Crippen LogP contribution is -2.26. The maximum atomic E-state index is 11.7. The van der Waals surface area contributed by atoms with Crippen LogP contribution in [0.5, 0.6) is 0 Å². The monoisotopic (exact) mass is 264 g/mol. The minimum atomic E-state index is 0.0814. The third-order valence-electron chi connectivity index (χ3n) is 3.12. The molecule has 0 radical (unpaired) electrons. The Hall–Kier alpha value is -1.48. The Kier molecular flexibility index (Phi) is 3.92. The SMILES string of the molecule is CN(Cc1cn(C)c2ccccc12)C(=O)CCCl. The molecule has 0 spiro atoms. The standard InChI is InChI=1S/C14H17ClN2O/c1-16-9-11(10-17(2)14(18)7-8-15)12-5-3-4-6-13(12)16/h3-6,9H,7-8,10H2,1-2H3. The minimum absolute atomic E-state index is 0.0814. The fourth-order valence-corrected chi connectivity index (χ4v) is 2.33. The molecule has 0 saturated heterocycles. The van der Waals surface area contributed by atoms with E-state index in [0.717, 1.165) is 0 Å². The fraction of sp³-hybridized carbons (Fsp3) is 0.357. The molecule has 1 heterocycles. The van der Waals surface area contributed by atoms with Gasteiger partial charge in [0.15, 0.2) is 0 Å². The molecule has 2 rings (SSSR count). The Morgan fingerprint density at radius 1 is 1.39 bits per heavy atom. The average molecular weight is 265 g/mol. The molecule has 2 aromatic rings. The molecule has 0 aliphatic heterocycles. The molecule has 4 heteroatoms. The number of carbonyl (C=O) groups excluding carboxylic acids is 1. The lowest BCUT2D eigenvalue weighted by atomic mass is 10.1. The predicted octanol–water partition coefficient (Wildman–Crippen LogP) is 2.77. The Morgan fingerprint density at radius 3 is 2.83 bits per heavy atom. The third kappa shape index (κ3) is 2.51. The number of amides is 1. The van der Waals surface area contributed by atoms with E-state index < -0.39 is 0 Å². The highest BCUT2D eigenvalue weighted by Crippen LogP contribution is 2.21. The lowest BCUT2D eigenvalue weighted by molar-refractivity contribution is -0.129. The summed E-state index contributed by atoms with van der Waals surface area (Å²) in [5, 5.41) is 1.20. The van der Waals surface area contributed by atoms with Crippen molar-refractivity contribution in [3.63, 3.8) is 0 Å². The minimum Gasteiger partial charge on any atom is -0.350 e. The zero-order valence-electron chi connectivity index (χ0n) is 10.7. The van der Waals surface area contributed by atoms with Crippen molar-refractivity contribution in [1.82, 2.24) is 9.47 Å². The Morgan fingerprint density at radius 2 is 2.11 bits per heavy atom. The maximum Gasteiger partial charge on any atom is 0.223 e. The van der Waals surface area contributed by atoms with Crippen LogP contribution in [0.1, 0.15) is 12.0 Å². The number of alkyl halides is 1. The number of rotatable bonds is 4. The van der Waals surface area contributed by atoms with Gasteiger partial charge in [-0.3, -0.25) is 4.79 Å². The average Bonchev–Trinajstić information content (AvgIpc) is 2.67. The summed E-state index contributed by atoms with van der Waals surface area (Å²) in [6.45, 7) is 0.622. The normalized spacial score (nSPS) is 10.8. The first-order chi connectivity index (χ1) is 8.63. The van der Waals surface area contributed by atoms with Gasteiger partial charge in [-0.05, 0) is 11.6 Å². The van der Waals surface area contributed by atoms with Crippen LogP contribution >= 0.6 is 11.6 Å². The Balaban J connectivity index is 2.24. The van der Waals surface area contributed by atoms with E-state index in [1.54, 1.807) is 4.90 Å². The zero-order valence-corrected chi connectivity index (χ0v) is 11.4. The molecule has 0 fully saturated rings. The Bertz CT molecular complexity index is 562. The van der Waals surface area contributed by atoms with Gasteiger partial charge in [0, 0.05) is 50.0 Å². The van der Waals surface area contributed by atoms with Gasteiger partial charge in [-0.1, -0.05) is 18.2 Å². The summed E-state index contributed by atoms with van der Waals surface area (Å²) >= 11 is 5.59. The molecular weight excluding hydrogens is 248 g/mol. The van der Waals surface area contributed by atoms with E-state index in [2.05, 4.69) is 22.9 Å². The first kappa shape index (κ1) is 13.0. The van der Waals surface area contributed by atoms with E-state index in [-0.39, 0.29) is 5.91 Å². The van der Waals surface area contributed by atoms with Gasteiger partial charge < -0.3 is 9.47 Å². The summed E-state index contributed by atoms with van der Waals surface area (Å²) in [7, 11) is 3.84. The van der Waals surface area contributed by atoms with Crippen LogP contribution in [0.3, 0.4) is 0 Å². The maximum absolute atomic E-state index is 11.7. The van der Waals surface area contributed by atoms with Crippen molar-refractivity contribution in [3.8, 4) is 0 Å². The number of para-hydroxylation sites is 1. The molecule has 0 bridgehead atoms. The van der Waals surface area contributed by atoms with E-state index in [0.29, 0.717) is 18.8 Å². The number of halogens is 1. The quantitative estimate of drug-likeness (QED) is 0.780. The van der Waals surface area contributed by atoms with Gasteiger partial charge >= 0.3 is 0 Å². The molecule has 0 aliphatic rings. The molecule has 1 amide bonds. The lowest BCUT2D eigenvalue weighted by Gasteiger charge is -2.16. The molecule has 0 N–H and O–H groups in total. The van der Waals surface area contributed by atoms with Crippen molar-refractivity contribution in [3.05, 3.63) is 36.0 Å². The second-order valence-corrected chi connectivity index (χ2v) is 4.85. The molecule has 18 heavy (non-hydrogen) atoms. The van der Waals surface area contributed by atoms with Gasteiger partial charge in [-0.15, -0.1) is 11.6 Å². The summed E-state index contributed by atoms with van der Waals surface area (Å²) in [4.78, 5) is 13.5. The van der Waals surface area contributed by atoms with Crippen LogP contribution in [-0.4, -0.2) is 28.3 Å². The van der Waals surface area contributed by atoms with Gasteiger partial charge in [0.05, 0.1) is 0 Å². The molecule has 3 nitrogen and oxygen atoms in total. The summed E-state index contributed by atoms with van der Waals surface area (Å²) in [5.74, 6) is 0.455. The van der Waals surface area contributed by atoms with Gasteiger partial charge in [0.2, 0.25) is 5.91 Å². The highest BCUT2D eigenvalue weighted by atomic mass is 35.5. The number of aromatic nitrogens is 1. The van der Waals surface area contributed by atoms with Gasteiger partial charge in [-0.2, -0.15) is 0 Å². The summed E-state index contributed by atoms with van der Waals surface area (Å²) in [6.07, 6.45) is 2.47. The van der Waals surface area contributed by atoms with Crippen LogP contribution < -0.4 is 0 Å². The second-order valence-electron chi connectivity index (χ2n) is 4.47. The summed E-state index contributed by atoms with van der Waals surface area (Å²) in [5.41, 5.74) is 2.35. The smallest absolute Gasteiger partial charge is 0.223 e. The fourth-order valence-electron chi connectivity index (χ4n) is 2.17. The van der Waals surface area contributed by atoms with E-state index >= 15 is 0 Å². The predicted molar refractivity (Wildman–Crippen MR) is 74.7 cm³/mol. The first-order valence-electron chi connectivity index (χ1n) is 5.96. The number of hydrogen-bond donors (Lipinski definition) is 0. The molecule has 0 atom stereocenters. The highest BCUT2D eigenvalue weighted by Gasteiger charge is 2.12. The van der Waals surface area contributed by atoms with Crippen LogP contribution in [0, 0.1) is 0 Å². The van der Waals surface area contributed by atoms with Crippen molar-refractivity contribution in [2.75, 3.05) is 12.9 Å². The van der Waals surface area contributed by atoms with Crippen molar-refractivity contribution in [2.24, 2.45) is 7.05 Å². The Labute approximate surface area is 112 Å². The number of fused-ring (bicyclic) bond motifs is 1. The van der Waals surface area contributed by atoms with Crippen LogP contribution in [-0.2, 0) is 18.4 Å². The number of nitrogens with zero attached hydrogens (tertiary/aromatic N) is 2. The van der Waals surface area contributed by atoms with Crippen molar-refractivity contribution < 1.29 is 4.79 Å². The molecule has 1 aromatic heterocycles. The summed E-state index contributed by atoms with van der Waals surface area (Å²) < 4.78 is 2.09. The topological polar surface area (TPSA) is 25.2 Å². The molecule has 0 saturated carbocycles. The van der Waals surface area contributed by atoms with Crippen LogP contribution in [0.25, 0.3) is 10.9 Å². The van der Waals surface area contributed by atoms with Crippen LogP contribution in [0.2, 0.25) is 0 Å². The van der Waals surface area contributed by atoms with E-state index in [1.807, 2.05) is 26.2 Å². The number of carbonyl (C=O) groups is 1. The molecule has 96 valence electrons. The van der Waals surface area contributed by atoms with Crippen molar-refractivity contribution in [1.29, 1.82) is 0 Å². The van der Waals surface area contributed by atoms with Gasteiger partial charge in [0.1, 0.15) is 0 Å².